The van der Waals surface area contributed by atoms with Crippen molar-refractivity contribution in [2.75, 3.05) is 0 Å². The number of fused-ring (bicyclic) bond motifs is 2. The van der Waals surface area contributed by atoms with Crippen molar-refractivity contribution in [2.24, 2.45) is 24.6 Å². The SMILES string of the molecule is Cl.Cn1c(=O)ccn(CC(=O)NC2C3CCCC2CC(N)C3)c1=O. The van der Waals surface area contributed by atoms with Crippen LogP contribution in [0.5, 0.6) is 0 Å². The number of carbonyl (C=O) groups is 1. The van der Waals surface area contributed by atoms with E-state index in [0.29, 0.717) is 11.8 Å². The van der Waals surface area contributed by atoms with Gasteiger partial charge in [0.2, 0.25) is 5.91 Å². The first-order valence-corrected chi connectivity index (χ1v) is 8.27. The number of hydrogen-bond acceptors (Lipinski definition) is 4. The van der Waals surface area contributed by atoms with E-state index in [4.69, 9.17) is 5.73 Å². The molecule has 0 aromatic carbocycles. The smallest absolute Gasteiger partial charge is 0.331 e. The van der Waals surface area contributed by atoms with E-state index in [9.17, 15) is 14.4 Å². The summed E-state index contributed by atoms with van der Waals surface area (Å²) in [5.41, 5.74) is 5.26. The minimum absolute atomic E-state index is 0. The molecule has 2 aliphatic carbocycles. The molecule has 1 aromatic rings. The topological polar surface area (TPSA) is 99.1 Å². The molecule has 3 rings (SSSR count). The lowest BCUT2D eigenvalue weighted by Gasteiger charge is -2.45. The highest BCUT2D eigenvalue weighted by Crippen LogP contribution is 2.39. The lowest BCUT2D eigenvalue weighted by Crippen LogP contribution is -2.54. The van der Waals surface area contributed by atoms with Crippen LogP contribution in [0.1, 0.15) is 32.1 Å². The number of hydrogen-bond donors (Lipinski definition) is 2. The van der Waals surface area contributed by atoms with Crippen LogP contribution in [0.15, 0.2) is 21.9 Å². The predicted octanol–water partition coefficient (Wildman–Crippen LogP) is -0.00900. The Labute approximate surface area is 146 Å². The van der Waals surface area contributed by atoms with Crippen molar-refractivity contribution in [3.63, 3.8) is 0 Å². The van der Waals surface area contributed by atoms with E-state index < -0.39 is 5.69 Å². The summed E-state index contributed by atoms with van der Waals surface area (Å²) < 4.78 is 2.27. The van der Waals surface area contributed by atoms with Gasteiger partial charge in [0.05, 0.1) is 0 Å². The van der Waals surface area contributed by atoms with Gasteiger partial charge in [-0.1, -0.05) is 6.42 Å². The highest BCUT2D eigenvalue weighted by molar-refractivity contribution is 5.85. The molecule has 1 aromatic heterocycles. The Kier molecular flexibility index (Phi) is 5.87. The fourth-order valence-corrected chi connectivity index (χ4v) is 4.15. The van der Waals surface area contributed by atoms with Crippen LogP contribution >= 0.6 is 12.4 Å². The number of nitrogens with two attached hydrogens (primary N) is 1. The average Bonchev–Trinajstić information content (AvgIpc) is 2.49. The van der Waals surface area contributed by atoms with E-state index in [0.717, 1.165) is 30.3 Å². The fraction of sp³-hybridized carbons (Fsp3) is 0.688. The first kappa shape index (κ1) is 18.7. The quantitative estimate of drug-likeness (QED) is 0.795. The monoisotopic (exact) mass is 356 g/mol. The number of rotatable bonds is 3. The van der Waals surface area contributed by atoms with Gasteiger partial charge in [-0.05, 0) is 37.5 Å². The van der Waals surface area contributed by atoms with Crippen molar-refractivity contribution >= 4 is 18.3 Å². The summed E-state index contributed by atoms with van der Waals surface area (Å²) in [4.78, 5) is 35.7. The molecule has 2 unspecified atom stereocenters. The molecule has 2 bridgehead atoms. The maximum absolute atomic E-state index is 12.4. The highest BCUT2D eigenvalue weighted by atomic mass is 35.5. The number of halogens is 1. The molecule has 134 valence electrons. The molecular formula is C16H25ClN4O3. The maximum atomic E-state index is 12.4. The lowest BCUT2D eigenvalue weighted by atomic mass is 9.67. The van der Waals surface area contributed by atoms with Crippen LogP contribution in [-0.2, 0) is 18.4 Å². The fourth-order valence-electron chi connectivity index (χ4n) is 4.15. The van der Waals surface area contributed by atoms with Crippen LogP contribution in [0.3, 0.4) is 0 Å². The van der Waals surface area contributed by atoms with E-state index in [1.54, 1.807) is 0 Å². The zero-order chi connectivity index (χ0) is 16.6. The molecule has 2 fully saturated rings. The van der Waals surface area contributed by atoms with Crippen LogP contribution in [0.25, 0.3) is 0 Å². The predicted molar refractivity (Wildman–Crippen MR) is 93.2 cm³/mol. The van der Waals surface area contributed by atoms with Gasteiger partial charge in [-0.3, -0.25) is 18.7 Å². The Bertz CT molecular complexity index is 700. The van der Waals surface area contributed by atoms with E-state index in [-0.39, 0.29) is 42.5 Å². The molecule has 3 N–H and O–H groups in total. The minimum Gasteiger partial charge on any atom is -0.351 e. The normalized spacial score (nSPS) is 28.8. The van der Waals surface area contributed by atoms with Crippen LogP contribution in [0.2, 0.25) is 0 Å². The molecular weight excluding hydrogens is 332 g/mol. The second kappa shape index (κ2) is 7.53. The Morgan fingerprint density at radius 2 is 1.92 bits per heavy atom. The third kappa shape index (κ3) is 3.72. The van der Waals surface area contributed by atoms with Crippen molar-refractivity contribution in [1.82, 2.24) is 14.5 Å². The van der Waals surface area contributed by atoms with Gasteiger partial charge in [0, 0.05) is 31.4 Å². The molecule has 2 saturated carbocycles. The van der Waals surface area contributed by atoms with Gasteiger partial charge < -0.3 is 11.1 Å². The molecule has 0 radical (unpaired) electrons. The zero-order valence-electron chi connectivity index (χ0n) is 13.8. The minimum atomic E-state index is -0.474. The van der Waals surface area contributed by atoms with Gasteiger partial charge in [0.1, 0.15) is 6.54 Å². The molecule has 24 heavy (non-hydrogen) atoms. The first-order valence-electron chi connectivity index (χ1n) is 8.27. The third-order valence-electron chi connectivity index (χ3n) is 5.28. The maximum Gasteiger partial charge on any atom is 0.331 e. The standard InChI is InChI=1S/C16H24N4O3.ClH/c1-19-14(22)5-6-20(16(19)23)9-13(21)18-15-10-3-2-4-11(15)8-12(17)7-10;/h5-6,10-12,15H,2-4,7-9,17H2,1H3,(H,18,21);1H. The Morgan fingerprint density at radius 3 is 2.54 bits per heavy atom. The van der Waals surface area contributed by atoms with Crippen LogP contribution in [0, 0.1) is 11.8 Å². The number of aromatic nitrogens is 2. The highest BCUT2D eigenvalue weighted by Gasteiger charge is 2.39. The second-order valence-electron chi connectivity index (χ2n) is 6.90. The summed E-state index contributed by atoms with van der Waals surface area (Å²) in [7, 11) is 1.41. The molecule has 1 amide bonds. The van der Waals surface area contributed by atoms with Crippen LogP contribution in [-0.4, -0.2) is 27.1 Å². The molecule has 7 nitrogen and oxygen atoms in total. The number of nitrogens with one attached hydrogen (secondary N) is 1. The van der Waals surface area contributed by atoms with Gasteiger partial charge in [-0.15, -0.1) is 12.4 Å². The van der Waals surface area contributed by atoms with E-state index in [1.165, 1.54) is 30.3 Å². The summed E-state index contributed by atoms with van der Waals surface area (Å²) in [6.07, 6.45) is 6.71. The largest absolute Gasteiger partial charge is 0.351 e. The van der Waals surface area contributed by atoms with Crippen molar-refractivity contribution in [2.45, 2.75) is 50.7 Å². The van der Waals surface area contributed by atoms with E-state index in [1.807, 2.05) is 0 Å². The summed E-state index contributed by atoms with van der Waals surface area (Å²) >= 11 is 0. The average molecular weight is 357 g/mol. The van der Waals surface area contributed by atoms with Crippen molar-refractivity contribution in [1.29, 1.82) is 0 Å². The summed E-state index contributed by atoms with van der Waals surface area (Å²) in [6, 6.07) is 1.70. The van der Waals surface area contributed by atoms with E-state index >= 15 is 0 Å². The van der Waals surface area contributed by atoms with Crippen molar-refractivity contribution in [3.05, 3.63) is 33.1 Å². The lowest BCUT2D eigenvalue weighted by molar-refractivity contribution is -0.124. The molecule has 0 spiro atoms. The molecule has 2 atom stereocenters. The molecule has 1 heterocycles. The van der Waals surface area contributed by atoms with Gasteiger partial charge in [0.25, 0.3) is 5.56 Å². The van der Waals surface area contributed by atoms with Crippen molar-refractivity contribution < 1.29 is 4.79 Å². The van der Waals surface area contributed by atoms with Gasteiger partial charge in [0.15, 0.2) is 0 Å². The summed E-state index contributed by atoms with van der Waals surface area (Å²) in [5.74, 6) is 0.708. The Morgan fingerprint density at radius 1 is 1.29 bits per heavy atom. The van der Waals surface area contributed by atoms with Gasteiger partial charge >= 0.3 is 5.69 Å². The van der Waals surface area contributed by atoms with Crippen LogP contribution in [0.4, 0.5) is 0 Å². The molecule has 0 aliphatic heterocycles. The molecule has 2 aliphatic rings. The number of amides is 1. The van der Waals surface area contributed by atoms with Gasteiger partial charge in [-0.2, -0.15) is 0 Å². The van der Waals surface area contributed by atoms with Crippen LogP contribution < -0.4 is 22.3 Å². The summed E-state index contributed by atoms with van der Waals surface area (Å²) in [6.45, 7) is -0.0606. The second-order valence-corrected chi connectivity index (χ2v) is 6.90. The first-order chi connectivity index (χ1) is 11.0. The zero-order valence-corrected chi connectivity index (χ0v) is 14.6. The van der Waals surface area contributed by atoms with E-state index in [2.05, 4.69) is 5.32 Å². The summed E-state index contributed by atoms with van der Waals surface area (Å²) in [5, 5.41) is 3.11. The number of carbonyl (C=O) groups excluding carboxylic acids is 1. The molecule has 8 heteroatoms. The molecule has 0 saturated heterocycles. The van der Waals surface area contributed by atoms with Gasteiger partial charge in [-0.25, -0.2) is 4.79 Å². The van der Waals surface area contributed by atoms with Crippen molar-refractivity contribution in [3.8, 4) is 0 Å². The number of nitrogens with zero attached hydrogens (tertiary/aromatic N) is 2. The third-order valence-corrected chi connectivity index (χ3v) is 5.28. The Balaban J connectivity index is 0.00000208. The Hall–Kier alpha value is -1.60.